The topological polar surface area (TPSA) is 58.1 Å². The lowest BCUT2D eigenvalue weighted by Gasteiger charge is -2.20. The predicted octanol–water partition coefficient (Wildman–Crippen LogP) is 4.35. The number of thiophene rings is 1. The fourth-order valence-electron chi connectivity index (χ4n) is 3.23. The molecule has 1 amide bonds. The summed E-state index contributed by atoms with van der Waals surface area (Å²) < 4.78 is 0. The van der Waals surface area contributed by atoms with Gasteiger partial charge in [-0.25, -0.2) is 9.97 Å². The van der Waals surface area contributed by atoms with Crippen LogP contribution >= 0.6 is 11.3 Å². The van der Waals surface area contributed by atoms with Crippen LogP contribution in [0, 0.1) is 0 Å². The molecule has 0 aliphatic heterocycles. The molecule has 28 heavy (non-hydrogen) atoms. The Morgan fingerprint density at radius 2 is 1.82 bits per heavy atom. The van der Waals surface area contributed by atoms with Crippen molar-refractivity contribution in [1.29, 1.82) is 0 Å². The molecule has 0 spiro atoms. The predicted molar refractivity (Wildman–Crippen MR) is 115 cm³/mol. The minimum absolute atomic E-state index is 0.0804. The Hall–Kier alpha value is -3.25. The Kier molecular flexibility index (Phi) is 5.04. The molecular formula is C22H20N4OS. The van der Waals surface area contributed by atoms with Crippen LogP contribution in [-0.2, 0) is 6.54 Å². The average molecular weight is 388 g/mol. The molecule has 0 atom stereocenters. The van der Waals surface area contributed by atoms with Gasteiger partial charge in [0, 0.05) is 37.1 Å². The first kappa shape index (κ1) is 18.1. The fourth-order valence-corrected chi connectivity index (χ4v) is 4.14. The summed E-state index contributed by atoms with van der Waals surface area (Å²) in [6.45, 7) is 0.685. The van der Waals surface area contributed by atoms with Crippen molar-refractivity contribution in [3.05, 3.63) is 77.4 Å². The molecule has 1 N–H and O–H groups in total. The van der Waals surface area contributed by atoms with Gasteiger partial charge < -0.3 is 10.2 Å². The third-order valence-electron chi connectivity index (χ3n) is 4.66. The van der Waals surface area contributed by atoms with Crippen molar-refractivity contribution in [2.75, 3.05) is 19.0 Å². The minimum Gasteiger partial charge on any atom is -0.355 e. The van der Waals surface area contributed by atoms with Gasteiger partial charge in [-0.2, -0.15) is 0 Å². The molecule has 2 aromatic carbocycles. The minimum atomic E-state index is -0.0804. The quantitative estimate of drug-likeness (QED) is 0.552. The number of anilines is 1. The first-order chi connectivity index (χ1) is 13.7. The van der Waals surface area contributed by atoms with Gasteiger partial charge in [-0.3, -0.25) is 4.79 Å². The standard InChI is InChI=1S/C22H20N4OS/c1-23-21(27)17-10-8-15(9-11-17)12-26(2)20-19-18(16-6-4-3-5-7-16)13-28-22(19)25-14-24-20/h3-11,13-14H,12H2,1-2H3,(H,23,27). The summed E-state index contributed by atoms with van der Waals surface area (Å²) in [6.07, 6.45) is 1.62. The third kappa shape index (κ3) is 3.46. The van der Waals surface area contributed by atoms with Crippen molar-refractivity contribution >= 4 is 33.3 Å². The summed E-state index contributed by atoms with van der Waals surface area (Å²) >= 11 is 1.63. The number of rotatable bonds is 5. The maximum Gasteiger partial charge on any atom is 0.251 e. The normalized spacial score (nSPS) is 10.8. The van der Waals surface area contributed by atoms with E-state index in [2.05, 4.69) is 37.7 Å². The summed E-state index contributed by atoms with van der Waals surface area (Å²) in [6, 6.07) is 18.0. The summed E-state index contributed by atoms with van der Waals surface area (Å²) in [5.41, 5.74) is 4.08. The molecule has 0 saturated heterocycles. The van der Waals surface area contributed by atoms with E-state index in [9.17, 15) is 4.79 Å². The van der Waals surface area contributed by atoms with E-state index in [1.165, 1.54) is 0 Å². The van der Waals surface area contributed by atoms with Crippen molar-refractivity contribution < 1.29 is 4.79 Å². The van der Waals surface area contributed by atoms with Gasteiger partial charge in [-0.05, 0) is 23.3 Å². The van der Waals surface area contributed by atoms with Crippen molar-refractivity contribution in [1.82, 2.24) is 15.3 Å². The number of nitrogens with zero attached hydrogens (tertiary/aromatic N) is 3. The number of hydrogen-bond acceptors (Lipinski definition) is 5. The molecule has 2 aromatic heterocycles. The lowest BCUT2D eigenvalue weighted by atomic mass is 10.1. The maximum absolute atomic E-state index is 11.7. The second-order valence-corrected chi connectivity index (χ2v) is 7.38. The lowest BCUT2D eigenvalue weighted by molar-refractivity contribution is 0.0963. The van der Waals surface area contributed by atoms with Gasteiger partial charge in [-0.15, -0.1) is 11.3 Å². The van der Waals surface area contributed by atoms with Gasteiger partial charge in [0.1, 0.15) is 17.0 Å². The first-order valence-corrected chi connectivity index (χ1v) is 9.85. The molecule has 2 heterocycles. The molecule has 140 valence electrons. The van der Waals surface area contributed by atoms with E-state index in [1.54, 1.807) is 24.7 Å². The molecule has 0 bridgehead atoms. The van der Waals surface area contributed by atoms with Crippen LogP contribution in [0.2, 0.25) is 0 Å². The van der Waals surface area contributed by atoms with Crippen LogP contribution in [0.3, 0.4) is 0 Å². The highest BCUT2D eigenvalue weighted by atomic mass is 32.1. The number of hydrogen-bond donors (Lipinski definition) is 1. The van der Waals surface area contributed by atoms with Crippen LogP contribution in [-0.4, -0.2) is 30.0 Å². The van der Waals surface area contributed by atoms with E-state index < -0.39 is 0 Å². The summed E-state index contributed by atoms with van der Waals surface area (Å²) in [7, 11) is 3.66. The molecule has 0 radical (unpaired) electrons. The van der Waals surface area contributed by atoms with Gasteiger partial charge >= 0.3 is 0 Å². The van der Waals surface area contributed by atoms with Crippen molar-refractivity contribution in [2.24, 2.45) is 0 Å². The molecule has 0 unspecified atom stereocenters. The summed E-state index contributed by atoms with van der Waals surface area (Å²) in [5.74, 6) is 0.823. The van der Waals surface area contributed by atoms with E-state index in [0.717, 1.165) is 32.7 Å². The number of carbonyl (C=O) groups is 1. The number of amides is 1. The highest BCUT2D eigenvalue weighted by molar-refractivity contribution is 7.17. The van der Waals surface area contributed by atoms with E-state index in [1.807, 2.05) is 49.5 Å². The maximum atomic E-state index is 11.7. The van der Waals surface area contributed by atoms with E-state index in [-0.39, 0.29) is 5.91 Å². The van der Waals surface area contributed by atoms with Crippen molar-refractivity contribution in [3.63, 3.8) is 0 Å². The highest BCUT2D eigenvalue weighted by Gasteiger charge is 2.16. The summed E-state index contributed by atoms with van der Waals surface area (Å²) in [4.78, 5) is 23.9. The van der Waals surface area contributed by atoms with Crippen molar-refractivity contribution in [2.45, 2.75) is 6.54 Å². The van der Waals surface area contributed by atoms with Crippen LogP contribution < -0.4 is 10.2 Å². The highest BCUT2D eigenvalue weighted by Crippen LogP contribution is 2.37. The molecule has 0 aliphatic rings. The average Bonchev–Trinajstić information content (AvgIpc) is 3.18. The van der Waals surface area contributed by atoms with Crippen LogP contribution in [0.5, 0.6) is 0 Å². The Morgan fingerprint density at radius 1 is 1.07 bits per heavy atom. The van der Waals surface area contributed by atoms with Crippen LogP contribution in [0.15, 0.2) is 66.3 Å². The number of nitrogens with one attached hydrogen (secondary N) is 1. The number of fused-ring (bicyclic) bond motifs is 1. The molecule has 4 aromatic rings. The first-order valence-electron chi connectivity index (χ1n) is 8.97. The molecular weight excluding hydrogens is 368 g/mol. The molecule has 4 rings (SSSR count). The Balaban J connectivity index is 1.67. The SMILES string of the molecule is CNC(=O)c1ccc(CN(C)c2ncnc3scc(-c4ccccc4)c23)cc1. The lowest BCUT2D eigenvalue weighted by Crippen LogP contribution is -2.19. The van der Waals surface area contributed by atoms with Gasteiger partial charge in [0.15, 0.2) is 0 Å². The Labute approximate surface area is 167 Å². The molecule has 0 aliphatic carbocycles. The van der Waals surface area contributed by atoms with Crippen LogP contribution in [0.1, 0.15) is 15.9 Å². The van der Waals surface area contributed by atoms with E-state index >= 15 is 0 Å². The smallest absolute Gasteiger partial charge is 0.251 e. The van der Waals surface area contributed by atoms with Crippen LogP contribution in [0.25, 0.3) is 21.3 Å². The Bertz CT molecular complexity index is 1110. The zero-order valence-electron chi connectivity index (χ0n) is 15.7. The fraction of sp³-hybridized carbons (Fsp3) is 0.136. The van der Waals surface area contributed by atoms with E-state index in [4.69, 9.17) is 0 Å². The second kappa shape index (κ2) is 7.78. The number of benzene rings is 2. The van der Waals surface area contributed by atoms with E-state index in [0.29, 0.717) is 12.1 Å². The van der Waals surface area contributed by atoms with Crippen LogP contribution in [0.4, 0.5) is 5.82 Å². The molecule has 5 nitrogen and oxygen atoms in total. The second-order valence-electron chi connectivity index (χ2n) is 6.52. The third-order valence-corrected chi connectivity index (χ3v) is 5.55. The van der Waals surface area contributed by atoms with Gasteiger partial charge in [0.2, 0.25) is 0 Å². The molecule has 6 heteroatoms. The van der Waals surface area contributed by atoms with Crippen molar-refractivity contribution in [3.8, 4) is 11.1 Å². The molecule has 0 fully saturated rings. The van der Waals surface area contributed by atoms with Gasteiger partial charge in [-0.1, -0.05) is 42.5 Å². The molecule has 0 saturated carbocycles. The van der Waals surface area contributed by atoms with Gasteiger partial charge in [0.05, 0.1) is 5.39 Å². The number of aromatic nitrogens is 2. The zero-order valence-corrected chi connectivity index (χ0v) is 16.5. The Morgan fingerprint density at radius 3 is 2.54 bits per heavy atom. The largest absolute Gasteiger partial charge is 0.355 e. The van der Waals surface area contributed by atoms with Gasteiger partial charge in [0.25, 0.3) is 5.91 Å². The monoisotopic (exact) mass is 388 g/mol. The zero-order chi connectivity index (χ0) is 19.5. The summed E-state index contributed by atoms with van der Waals surface area (Å²) in [5, 5.41) is 5.86. The number of carbonyl (C=O) groups excluding carboxylic acids is 1.